The number of hydrogen-bond acceptors (Lipinski definition) is 2. The Hall–Kier alpha value is 0.400. The van der Waals surface area contributed by atoms with E-state index in [2.05, 4.69) is 20.8 Å². The lowest BCUT2D eigenvalue weighted by molar-refractivity contribution is 0.129. The summed E-state index contributed by atoms with van der Waals surface area (Å²) in [7, 11) is 0. The maximum atomic E-state index is 5.50. The van der Waals surface area contributed by atoms with Crippen molar-refractivity contribution in [2.24, 2.45) is 5.41 Å². The SMILES string of the molecule is BrCC1(CN2CCCOCC2)CCCC1. The van der Waals surface area contributed by atoms with E-state index < -0.39 is 0 Å². The van der Waals surface area contributed by atoms with Gasteiger partial charge >= 0.3 is 0 Å². The van der Waals surface area contributed by atoms with Gasteiger partial charge in [0.15, 0.2) is 0 Å². The Morgan fingerprint density at radius 3 is 2.60 bits per heavy atom. The van der Waals surface area contributed by atoms with Gasteiger partial charge in [0.1, 0.15) is 0 Å². The summed E-state index contributed by atoms with van der Waals surface area (Å²) in [6.45, 7) is 5.53. The third-order valence-corrected chi connectivity index (χ3v) is 5.01. The predicted octanol–water partition coefficient (Wildman–Crippen LogP) is 2.66. The van der Waals surface area contributed by atoms with Crippen molar-refractivity contribution >= 4 is 15.9 Å². The normalized spacial score (nSPS) is 27.8. The van der Waals surface area contributed by atoms with Crippen LogP contribution in [-0.4, -0.2) is 43.1 Å². The van der Waals surface area contributed by atoms with Crippen LogP contribution in [0.5, 0.6) is 0 Å². The minimum atomic E-state index is 0.574. The molecule has 1 heterocycles. The Kier molecular flexibility index (Phi) is 4.47. The maximum absolute atomic E-state index is 5.50. The molecule has 1 aliphatic carbocycles. The highest BCUT2D eigenvalue weighted by molar-refractivity contribution is 9.09. The van der Waals surface area contributed by atoms with E-state index in [0.29, 0.717) is 5.41 Å². The first-order valence-corrected chi connectivity index (χ1v) is 7.33. The highest BCUT2D eigenvalue weighted by Gasteiger charge is 2.34. The Morgan fingerprint density at radius 1 is 1.07 bits per heavy atom. The summed E-state index contributed by atoms with van der Waals surface area (Å²) in [6, 6.07) is 0. The van der Waals surface area contributed by atoms with Gasteiger partial charge in [-0.15, -0.1) is 0 Å². The Balaban J connectivity index is 1.87. The largest absolute Gasteiger partial charge is 0.380 e. The van der Waals surface area contributed by atoms with Crippen molar-refractivity contribution in [3.63, 3.8) is 0 Å². The molecule has 1 saturated heterocycles. The van der Waals surface area contributed by atoms with Gasteiger partial charge in [-0.25, -0.2) is 0 Å². The number of hydrogen-bond donors (Lipinski definition) is 0. The van der Waals surface area contributed by atoms with E-state index in [4.69, 9.17) is 4.74 Å². The van der Waals surface area contributed by atoms with Gasteiger partial charge in [0, 0.05) is 31.6 Å². The summed E-state index contributed by atoms with van der Waals surface area (Å²) >= 11 is 3.72. The minimum Gasteiger partial charge on any atom is -0.380 e. The lowest BCUT2D eigenvalue weighted by Gasteiger charge is -2.33. The van der Waals surface area contributed by atoms with Crippen LogP contribution in [0.4, 0.5) is 0 Å². The zero-order valence-electron chi connectivity index (χ0n) is 9.51. The number of halogens is 1. The van der Waals surface area contributed by atoms with Crippen LogP contribution in [0.3, 0.4) is 0 Å². The molecule has 1 saturated carbocycles. The van der Waals surface area contributed by atoms with Crippen molar-refractivity contribution in [2.75, 3.05) is 38.2 Å². The van der Waals surface area contributed by atoms with Gasteiger partial charge in [-0.2, -0.15) is 0 Å². The molecule has 2 fully saturated rings. The molecule has 0 atom stereocenters. The predicted molar refractivity (Wildman–Crippen MR) is 66.6 cm³/mol. The van der Waals surface area contributed by atoms with E-state index in [9.17, 15) is 0 Å². The van der Waals surface area contributed by atoms with Crippen LogP contribution in [0, 0.1) is 5.41 Å². The highest BCUT2D eigenvalue weighted by atomic mass is 79.9. The van der Waals surface area contributed by atoms with Crippen molar-refractivity contribution in [3.8, 4) is 0 Å². The average molecular weight is 276 g/mol. The molecular weight excluding hydrogens is 254 g/mol. The molecule has 0 aromatic rings. The van der Waals surface area contributed by atoms with Gasteiger partial charge in [0.2, 0.25) is 0 Å². The molecule has 0 spiro atoms. The van der Waals surface area contributed by atoms with Crippen LogP contribution in [-0.2, 0) is 4.74 Å². The second-order valence-electron chi connectivity index (χ2n) is 5.08. The average Bonchev–Trinajstić information content (AvgIpc) is 2.57. The molecule has 15 heavy (non-hydrogen) atoms. The fraction of sp³-hybridized carbons (Fsp3) is 1.00. The molecule has 0 aromatic carbocycles. The molecule has 2 nitrogen and oxygen atoms in total. The number of rotatable bonds is 3. The topological polar surface area (TPSA) is 12.5 Å². The van der Waals surface area contributed by atoms with Gasteiger partial charge < -0.3 is 9.64 Å². The van der Waals surface area contributed by atoms with E-state index in [1.807, 2.05) is 0 Å². The second kappa shape index (κ2) is 5.65. The number of ether oxygens (including phenoxy) is 1. The Labute approximate surface area is 101 Å². The maximum Gasteiger partial charge on any atom is 0.0593 e. The summed E-state index contributed by atoms with van der Waals surface area (Å²) in [5, 5.41) is 1.18. The second-order valence-corrected chi connectivity index (χ2v) is 5.64. The van der Waals surface area contributed by atoms with Crippen molar-refractivity contribution < 1.29 is 4.74 Å². The first-order chi connectivity index (χ1) is 7.35. The van der Waals surface area contributed by atoms with E-state index in [0.717, 1.165) is 19.8 Å². The fourth-order valence-electron chi connectivity index (χ4n) is 2.89. The van der Waals surface area contributed by atoms with Crippen LogP contribution in [0.15, 0.2) is 0 Å². The summed E-state index contributed by atoms with van der Waals surface area (Å²) in [5.74, 6) is 0. The molecular formula is C12H22BrNO. The lowest BCUT2D eigenvalue weighted by atomic mass is 9.88. The lowest BCUT2D eigenvalue weighted by Crippen LogP contribution is -2.38. The van der Waals surface area contributed by atoms with Gasteiger partial charge in [-0.1, -0.05) is 28.8 Å². The molecule has 2 rings (SSSR count). The summed E-state index contributed by atoms with van der Waals surface area (Å²) < 4.78 is 5.50. The van der Waals surface area contributed by atoms with Crippen molar-refractivity contribution in [1.82, 2.24) is 4.90 Å². The molecule has 88 valence electrons. The Bertz CT molecular complexity index is 184. The number of alkyl halides is 1. The van der Waals surface area contributed by atoms with Gasteiger partial charge in [0.05, 0.1) is 6.61 Å². The molecule has 0 amide bonds. The summed E-state index contributed by atoms with van der Waals surface area (Å²) in [6.07, 6.45) is 6.88. The third-order valence-electron chi connectivity index (χ3n) is 3.82. The van der Waals surface area contributed by atoms with Crippen molar-refractivity contribution in [1.29, 1.82) is 0 Å². The highest BCUT2D eigenvalue weighted by Crippen LogP contribution is 2.40. The fourth-order valence-corrected chi connectivity index (χ4v) is 3.63. The zero-order valence-corrected chi connectivity index (χ0v) is 11.1. The molecule has 0 N–H and O–H groups in total. The molecule has 2 aliphatic rings. The first-order valence-electron chi connectivity index (χ1n) is 6.21. The van der Waals surface area contributed by atoms with Gasteiger partial charge in [0.25, 0.3) is 0 Å². The number of nitrogens with zero attached hydrogens (tertiary/aromatic N) is 1. The smallest absolute Gasteiger partial charge is 0.0593 e. The summed E-state index contributed by atoms with van der Waals surface area (Å²) in [5.41, 5.74) is 0.574. The van der Waals surface area contributed by atoms with Crippen LogP contribution >= 0.6 is 15.9 Å². The van der Waals surface area contributed by atoms with E-state index in [-0.39, 0.29) is 0 Å². The van der Waals surface area contributed by atoms with Gasteiger partial charge in [-0.05, 0) is 24.7 Å². The van der Waals surface area contributed by atoms with E-state index >= 15 is 0 Å². The first kappa shape index (κ1) is 11.9. The van der Waals surface area contributed by atoms with Crippen LogP contribution in [0.25, 0.3) is 0 Å². The van der Waals surface area contributed by atoms with E-state index in [1.165, 1.54) is 50.5 Å². The van der Waals surface area contributed by atoms with Gasteiger partial charge in [-0.3, -0.25) is 0 Å². The van der Waals surface area contributed by atoms with Crippen LogP contribution in [0.2, 0.25) is 0 Å². The monoisotopic (exact) mass is 275 g/mol. The molecule has 0 bridgehead atoms. The zero-order chi connectivity index (χ0) is 10.6. The molecule has 0 radical (unpaired) electrons. The van der Waals surface area contributed by atoms with Crippen LogP contribution < -0.4 is 0 Å². The van der Waals surface area contributed by atoms with E-state index in [1.54, 1.807) is 0 Å². The molecule has 0 aromatic heterocycles. The Morgan fingerprint density at radius 2 is 1.87 bits per heavy atom. The standard InChI is InChI=1S/C12H22BrNO/c13-10-12(4-1-2-5-12)11-14-6-3-8-15-9-7-14/h1-11H2. The summed E-state index contributed by atoms with van der Waals surface area (Å²) in [4.78, 5) is 2.61. The molecule has 0 unspecified atom stereocenters. The minimum absolute atomic E-state index is 0.574. The van der Waals surface area contributed by atoms with Crippen LogP contribution in [0.1, 0.15) is 32.1 Å². The quantitative estimate of drug-likeness (QED) is 0.735. The van der Waals surface area contributed by atoms with Crippen molar-refractivity contribution in [3.05, 3.63) is 0 Å². The molecule has 3 heteroatoms. The van der Waals surface area contributed by atoms with Crippen molar-refractivity contribution in [2.45, 2.75) is 32.1 Å². The third kappa shape index (κ3) is 3.18. The molecule has 1 aliphatic heterocycles.